The molecule has 0 spiro atoms. The van der Waals surface area contributed by atoms with E-state index in [0.29, 0.717) is 28.4 Å². The summed E-state index contributed by atoms with van der Waals surface area (Å²) in [6.07, 6.45) is 4.91. The zero-order valence-electron chi connectivity index (χ0n) is 16.6. The van der Waals surface area contributed by atoms with Crippen LogP contribution < -0.4 is 15.4 Å². The van der Waals surface area contributed by atoms with E-state index in [-0.39, 0.29) is 23.9 Å². The maximum atomic E-state index is 12.4. The van der Waals surface area contributed by atoms with Crippen LogP contribution in [0.1, 0.15) is 54.7 Å². The molecule has 0 aliphatic heterocycles. The lowest BCUT2D eigenvalue weighted by Crippen LogP contribution is -2.29. The number of carbonyl (C=O) groups excluding carboxylic acids is 2. The van der Waals surface area contributed by atoms with Crippen LogP contribution >= 0.6 is 0 Å². The predicted molar refractivity (Wildman–Crippen MR) is 108 cm³/mol. The van der Waals surface area contributed by atoms with E-state index in [9.17, 15) is 9.59 Å². The van der Waals surface area contributed by atoms with E-state index in [2.05, 4.69) is 25.6 Å². The maximum absolute atomic E-state index is 12.4. The van der Waals surface area contributed by atoms with Crippen LogP contribution in [0, 0.1) is 0 Å². The van der Waals surface area contributed by atoms with E-state index in [4.69, 9.17) is 4.74 Å². The number of amides is 2. The number of H-pyrrole nitrogens is 1. The number of fused-ring (bicyclic) bond motifs is 2. The van der Waals surface area contributed by atoms with Gasteiger partial charge in [-0.25, -0.2) is 9.97 Å². The number of hydrogen-bond donors (Lipinski definition) is 3. The zero-order valence-corrected chi connectivity index (χ0v) is 16.6. The van der Waals surface area contributed by atoms with Crippen molar-refractivity contribution in [1.29, 1.82) is 0 Å². The maximum Gasteiger partial charge on any atom is 0.255 e. The van der Waals surface area contributed by atoms with Crippen LogP contribution in [0.15, 0.2) is 30.6 Å². The Labute approximate surface area is 168 Å². The summed E-state index contributed by atoms with van der Waals surface area (Å²) in [5, 5.41) is 5.83. The van der Waals surface area contributed by atoms with Crippen LogP contribution in [0.2, 0.25) is 0 Å². The van der Waals surface area contributed by atoms with Gasteiger partial charge in [-0.05, 0) is 49.9 Å². The number of nitrogens with zero attached hydrogens (tertiary/aromatic N) is 2. The highest BCUT2D eigenvalue weighted by Crippen LogP contribution is 2.35. The fourth-order valence-corrected chi connectivity index (χ4v) is 3.60. The van der Waals surface area contributed by atoms with E-state index in [0.717, 1.165) is 18.4 Å². The Morgan fingerprint density at radius 1 is 1.31 bits per heavy atom. The Morgan fingerprint density at radius 2 is 2.14 bits per heavy atom. The molecule has 1 aliphatic carbocycles. The molecule has 2 heterocycles. The number of rotatable bonds is 5. The van der Waals surface area contributed by atoms with Gasteiger partial charge in [0, 0.05) is 19.2 Å². The SMILES string of the molecule is CC(=O)N[C@H]1CCc2ccc(Oc3cnc4[nH]cc(C(=O)NC(C)C)c4n3)cc21. The van der Waals surface area contributed by atoms with Gasteiger partial charge in [-0.3, -0.25) is 9.59 Å². The van der Waals surface area contributed by atoms with Crippen molar-refractivity contribution < 1.29 is 14.3 Å². The summed E-state index contributed by atoms with van der Waals surface area (Å²) in [5.74, 6) is 0.640. The number of carbonyl (C=O) groups is 2. The Hall–Kier alpha value is -3.42. The lowest BCUT2D eigenvalue weighted by atomic mass is 10.1. The number of hydrogen-bond acceptors (Lipinski definition) is 5. The van der Waals surface area contributed by atoms with Gasteiger partial charge in [0.2, 0.25) is 11.8 Å². The van der Waals surface area contributed by atoms with Crippen LogP contribution in [0.25, 0.3) is 11.2 Å². The number of benzene rings is 1. The first-order chi connectivity index (χ1) is 13.9. The molecule has 2 amide bonds. The number of aryl methyl sites for hydroxylation is 1. The molecule has 3 N–H and O–H groups in total. The Morgan fingerprint density at radius 3 is 2.90 bits per heavy atom. The summed E-state index contributed by atoms with van der Waals surface area (Å²) in [5.41, 5.74) is 3.66. The highest BCUT2D eigenvalue weighted by Gasteiger charge is 2.24. The average Bonchev–Trinajstić information content (AvgIpc) is 3.25. The van der Waals surface area contributed by atoms with E-state index in [1.54, 1.807) is 6.20 Å². The minimum Gasteiger partial charge on any atom is -0.437 e. The van der Waals surface area contributed by atoms with Gasteiger partial charge >= 0.3 is 0 Å². The van der Waals surface area contributed by atoms with Crippen LogP contribution in [0.4, 0.5) is 0 Å². The van der Waals surface area contributed by atoms with Crippen molar-refractivity contribution in [2.75, 3.05) is 0 Å². The van der Waals surface area contributed by atoms with Gasteiger partial charge in [-0.15, -0.1) is 0 Å². The molecule has 1 aliphatic rings. The van der Waals surface area contributed by atoms with Gasteiger partial charge in [0.15, 0.2) is 5.65 Å². The van der Waals surface area contributed by atoms with Gasteiger partial charge in [0.25, 0.3) is 5.91 Å². The van der Waals surface area contributed by atoms with Crippen molar-refractivity contribution >= 4 is 23.0 Å². The molecule has 4 rings (SSSR count). The first-order valence-electron chi connectivity index (χ1n) is 9.63. The number of aromatic nitrogens is 3. The van der Waals surface area contributed by atoms with E-state index >= 15 is 0 Å². The van der Waals surface area contributed by atoms with Gasteiger partial charge in [-0.1, -0.05) is 6.07 Å². The third-order valence-electron chi connectivity index (χ3n) is 4.82. The molecule has 0 unspecified atom stereocenters. The van der Waals surface area contributed by atoms with E-state index in [1.807, 2.05) is 32.0 Å². The molecular formula is C21H23N5O3. The summed E-state index contributed by atoms with van der Waals surface area (Å²) in [6.45, 7) is 5.32. The highest BCUT2D eigenvalue weighted by molar-refractivity contribution is 6.04. The molecule has 0 saturated carbocycles. The van der Waals surface area contributed by atoms with Gasteiger partial charge in [0.05, 0.1) is 17.8 Å². The monoisotopic (exact) mass is 393 g/mol. The van der Waals surface area contributed by atoms with E-state index < -0.39 is 0 Å². The zero-order chi connectivity index (χ0) is 20.5. The molecule has 150 valence electrons. The fraction of sp³-hybridized carbons (Fsp3) is 0.333. The minimum atomic E-state index is -0.214. The molecule has 8 nitrogen and oxygen atoms in total. The minimum absolute atomic E-state index is 0.00406. The third kappa shape index (κ3) is 3.91. The number of aromatic amines is 1. The molecule has 2 aromatic heterocycles. The van der Waals surface area contributed by atoms with Crippen LogP contribution in [-0.2, 0) is 11.2 Å². The normalized spacial score (nSPS) is 15.4. The van der Waals surface area contributed by atoms with Crippen LogP contribution in [-0.4, -0.2) is 32.8 Å². The number of nitrogens with one attached hydrogen (secondary N) is 3. The first kappa shape index (κ1) is 18.9. The molecule has 8 heteroatoms. The molecule has 1 atom stereocenters. The fourth-order valence-electron chi connectivity index (χ4n) is 3.60. The molecule has 1 aromatic carbocycles. The molecular weight excluding hydrogens is 370 g/mol. The standard InChI is InChI=1S/C21H23N5O3/c1-11(2)24-21(28)16-9-22-20-19(16)26-18(10-23-20)29-14-6-4-13-5-7-17(15(13)8-14)25-12(3)27/h4,6,8-11,17H,5,7H2,1-3H3,(H,22,23)(H,24,28)(H,25,27)/t17-/m0/s1. The van der Waals surface area contributed by atoms with Crippen molar-refractivity contribution in [1.82, 2.24) is 25.6 Å². The van der Waals surface area contributed by atoms with Crippen molar-refractivity contribution in [2.24, 2.45) is 0 Å². The van der Waals surface area contributed by atoms with Gasteiger partial charge < -0.3 is 20.4 Å². The molecule has 29 heavy (non-hydrogen) atoms. The average molecular weight is 393 g/mol. The lowest BCUT2D eigenvalue weighted by molar-refractivity contribution is -0.119. The second-order valence-corrected chi connectivity index (χ2v) is 7.49. The summed E-state index contributed by atoms with van der Waals surface area (Å²) < 4.78 is 5.92. The highest BCUT2D eigenvalue weighted by atomic mass is 16.5. The summed E-state index contributed by atoms with van der Waals surface area (Å²) in [6, 6.07) is 5.83. The topological polar surface area (TPSA) is 109 Å². The van der Waals surface area contributed by atoms with Crippen molar-refractivity contribution in [3.63, 3.8) is 0 Å². The smallest absolute Gasteiger partial charge is 0.255 e. The Balaban J connectivity index is 1.60. The Bertz CT molecular complexity index is 1090. The quantitative estimate of drug-likeness (QED) is 0.617. The molecule has 0 radical (unpaired) electrons. The van der Waals surface area contributed by atoms with E-state index in [1.165, 1.54) is 18.7 Å². The van der Waals surface area contributed by atoms with Gasteiger partial charge in [0.1, 0.15) is 11.3 Å². The number of ether oxygens (including phenoxy) is 1. The second-order valence-electron chi connectivity index (χ2n) is 7.49. The lowest BCUT2D eigenvalue weighted by Gasteiger charge is -2.13. The molecule has 0 fully saturated rings. The molecule has 0 saturated heterocycles. The Kier molecular flexibility index (Phi) is 4.92. The van der Waals surface area contributed by atoms with Crippen LogP contribution in [0.5, 0.6) is 11.6 Å². The second kappa shape index (κ2) is 7.54. The summed E-state index contributed by atoms with van der Waals surface area (Å²) in [7, 11) is 0. The van der Waals surface area contributed by atoms with Crippen molar-refractivity contribution in [2.45, 2.75) is 45.7 Å². The molecule has 3 aromatic rings. The largest absolute Gasteiger partial charge is 0.437 e. The predicted octanol–water partition coefficient (Wildman–Crippen LogP) is 3.01. The third-order valence-corrected chi connectivity index (χ3v) is 4.82. The summed E-state index contributed by atoms with van der Waals surface area (Å²) in [4.78, 5) is 35.6. The van der Waals surface area contributed by atoms with Crippen LogP contribution in [0.3, 0.4) is 0 Å². The first-order valence-corrected chi connectivity index (χ1v) is 9.63. The summed E-state index contributed by atoms with van der Waals surface area (Å²) >= 11 is 0. The van der Waals surface area contributed by atoms with Crippen molar-refractivity contribution in [3.8, 4) is 11.6 Å². The molecule has 0 bridgehead atoms. The van der Waals surface area contributed by atoms with Gasteiger partial charge in [-0.2, -0.15) is 0 Å². The van der Waals surface area contributed by atoms with Crippen molar-refractivity contribution in [3.05, 3.63) is 47.3 Å².